The molecule has 0 spiro atoms. The first-order valence-corrected chi connectivity index (χ1v) is 5.73. The van der Waals surface area contributed by atoms with Crippen LogP contribution in [-0.4, -0.2) is 28.9 Å². The lowest BCUT2D eigenvalue weighted by Crippen LogP contribution is -2.25. The predicted molar refractivity (Wildman–Crippen MR) is 66.5 cm³/mol. The van der Waals surface area contributed by atoms with Crippen LogP contribution in [0.5, 0.6) is 0 Å². The zero-order chi connectivity index (χ0) is 13.5. The maximum absolute atomic E-state index is 11.8. The largest absolute Gasteiger partial charge is 0.352 e. The van der Waals surface area contributed by atoms with Crippen molar-refractivity contribution in [2.75, 3.05) is 13.1 Å². The van der Waals surface area contributed by atoms with E-state index in [0.717, 1.165) is 12.8 Å². The summed E-state index contributed by atoms with van der Waals surface area (Å²) in [6.45, 7) is 0.949. The minimum atomic E-state index is -0.718. The van der Waals surface area contributed by atoms with Gasteiger partial charge in [-0.1, -0.05) is 11.6 Å². The van der Waals surface area contributed by atoms with Gasteiger partial charge in [0.1, 0.15) is 5.56 Å². The fourth-order valence-corrected chi connectivity index (χ4v) is 1.58. The molecule has 98 valence electrons. The lowest BCUT2D eigenvalue weighted by Gasteiger charge is -2.05. The maximum atomic E-state index is 11.8. The molecule has 1 aromatic heterocycles. The molecule has 0 aliphatic rings. The monoisotopic (exact) mass is 272 g/mol. The van der Waals surface area contributed by atoms with Crippen LogP contribution in [0.3, 0.4) is 0 Å². The summed E-state index contributed by atoms with van der Waals surface area (Å²) in [6, 6.07) is 1.27. The predicted octanol–water partition coefficient (Wildman–Crippen LogP) is 1.11. The highest BCUT2D eigenvalue weighted by Crippen LogP contribution is 2.25. The molecule has 0 aromatic carbocycles. The molecule has 0 aliphatic carbocycles. The topological polar surface area (TPSA) is 111 Å². The van der Waals surface area contributed by atoms with E-state index in [1.54, 1.807) is 0 Å². The average molecular weight is 273 g/mol. The number of halogens is 1. The number of amides is 1. The molecule has 1 rings (SSSR count). The number of nitrogens with one attached hydrogen (secondary N) is 1. The van der Waals surface area contributed by atoms with E-state index in [1.807, 2.05) is 0 Å². The molecule has 8 heteroatoms. The summed E-state index contributed by atoms with van der Waals surface area (Å²) in [5.74, 6) is -0.539. The SMILES string of the molecule is NCCCCNC(=O)c1ccnc(Cl)c1[N+](=O)[O-]. The highest BCUT2D eigenvalue weighted by Gasteiger charge is 2.24. The Labute approximate surface area is 108 Å². The van der Waals surface area contributed by atoms with Crippen LogP contribution in [0.2, 0.25) is 5.15 Å². The average Bonchev–Trinajstić information content (AvgIpc) is 2.33. The molecule has 7 nitrogen and oxygen atoms in total. The van der Waals surface area contributed by atoms with Crippen LogP contribution < -0.4 is 11.1 Å². The van der Waals surface area contributed by atoms with E-state index in [-0.39, 0.29) is 10.7 Å². The first kappa shape index (κ1) is 14.3. The van der Waals surface area contributed by atoms with Gasteiger partial charge < -0.3 is 11.1 Å². The molecule has 0 saturated heterocycles. The number of nitro groups is 1. The standard InChI is InChI=1S/C10H13ClN4O3/c11-9-8(15(17)18)7(3-6-13-9)10(16)14-5-2-1-4-12/h3,6H,1-2,4-5,12H2,(H,14,16). The molecule has 0 fully saturated rings. The van der Waals surface area contributed by atoms with Gasteiger partial charge in [-0.2, -0.15) is 0 Å². The molecular weight excluding hydrogens is 260 g/mol. The second-order valence-electron chi connectivity index (χ2n) is 3.51. The zero-order valence-electron chi connectivity index (χ0n) is 9.56. The van der Waals surface area contributed by atoms with Crippen molar-refractivity contribution in [3.8, 4) is 0 Å². The Morgan fingerprint density at radius 3 is 2.89 bits per heavy atom. The van der Waals surface area contributed by atoms with Crippen LogP contribution in [0, 0.1) is 10.1 Å². The van der Waals surface area contributed by atoms with Crippen molar-refractivity contribution in [3.63, 3.8) is 0 Å². The number of hydrogen-bond acceptors (Lipinski definition) is 5. The van der Waals surface area contributed by atoms with Gasteiger partial charge in [-0.05, 0) is 25.5 Å². The van der Waals surface area contributed by atoms with Gasteiger partial charge >= 0.3 is 5.69 Å². The molecule has 0 radical (unpaired) electrons. The molecule has 1 heterocycles. The number of carbonyl (C=O) groups excluding carboxylic acids is 1. The lowest BCUT2D eigenvalue weighted by molar-refractivity contribution is -0.385. The van der Waals surface area contributed by atoms with Gasteiger partial charge in [0.2, 0.25) is 5.15 Å². The van der Waals surface area contributed by atoms with Gasteiger partial charge in [-0.25, -0.2) is 4.98 Å². The molecule has 3 N–H and O–H groups in total. The Morgan fingerprint density at radius 2 is 2.28 bits per heavy atom. The van der Waals surface area contributed by atoms with Gasteiger partial charge in [0.15, 0.2) is 0 Å². The van der Waals surface area contributed by atoms with Crippen LogP contribution in [0.1, 0.15) is 23.2 Å². The van der Waals surface area contributed by atoms with Gasteiger partial charge in [0.25, 0.3) is 5.91 Å². The van der Waals surface area contributed by atoms with E-state index in [2.05, 4.69) is 10.3 Å². The summed E-state index contributed by atoms with van der Waals surface area (Å²) in [6.07, 6.45) is 2.75. The fourth-order valence-electron chi connectivity index (χ4n) is 1.35. The van der Waals surface area contributed by atoms with Crippen molar-refractivity contribution in [2.45, 2.75) is 12.8 Å². The molecular formula is C10H13ClN4O3. The Bertz CT molecular complexity index is 453. The smallest absolute Gasteiger partial charge is 0.319 e. The third kappa shape index (κ3) is 3.64. The van der Waals surface area contributed by atoms with Crippen LogP contribution in [0.25, 0.3) is 0 Å². The summed E-state index contributed by atoms with van der Waals surface area (Å²) >= 11 is 5.60. The summed E-state index contributed by atoms with van der Waals surface area (Å²) in [5, 5.41) is 13.1. The Kier molecular flexibility index (Phi) is 5.47. The van der Waals surface area contributed by atoms with Gasteiger partial charge in [0.05, 0.1) is 4.92 Å². The molecule has 0 atom stereocenters. The van der Waals surface area contributed by atoms with E-state index >= 15 is 0 Å². The molecule has 18 heavy (non-hydrogen) atoms. The van der Waals surface area contributed by atoms with Crippen LogP contribution >= 0.6 is 11.6 Å². The highest BCUT2D eigenvalue weighted by molar-refractivity contribution is 6.32. The maximum Gasteiger partial charge on any atom is 0.319 e. The molecule has 0 aliphatic heterocycles. The Hall–Kier alpha value is -1.73. The van der Waals surface area contributed by atoms with Gasteiger partial charge in [-0.15, -0.1) is 0 Å². The zero-order valence-corrected chi connectivity index (χ0v) is 10.3. The van der Waals surface area contributed by atoms with Gasteiger partial charge in [-0.3, -0.25) is 14.9 Å². The van der Waals surface area contributed by atoms with Crippen molar-refractivity contribution in [1.29, 1.82) is 0 Å². The highest BCUT2D eigenvalue weighted by atomic mass is 35.5. The number of pyridine rings is 1. The second-order valence-corrected chi connectivity index (χ2v) is 3.86. The number of nitrogens with two attached hydrogens (primary N) is 1. The third-order valence-corrected chi connectivity index (χ3v) is 2.50. The number of aromatic nitrogens is 1. The van der Waals surface area contributed by atoms with Crippen molar-refractivity contribution < 1.29 is 9.72 Å². The van der Waals surface area contributed by atoms with E-state index in [1.165, 1.54) is 12.3 Å². The summed E-state index contributed by atoms with van der Waals surface area (Å²) in [4.78, 5) is 25.4. The number of rotatable bonds is 6. The Morgan fingerprint density at radius 1 is 1.56 bits per heavy atom. The number of unbranched alkanes of at least 4 members (excludes halogenated alkanes) is 1. The first-order chi connectivity index (χ1) is 8.57. The van der Waals surface area contributed by atoms with Crippen molar-refractivity contribution >= 4 is 23.2 Å². The quantitative estimate of drug-likeness (QED) is 0.349. The summed E-state index contributed by atoms with van der Waals surface area (Å²) in [5.41, 5.74) is 4.75. The Balaban J connectivity index is 2.79. The third-order valence-electron chi connectivity index (χ3n) is 2.22. The number of carbonyl (C=O) groups is 1. The normalized spacial score (nSPS) is 10.1. The van der Waals surface area contributed by atoms with Crippen molar-refractivity contribution in [1.82, 2.24) is 10.3 Å². The van der Waals surface area contributed by atoms with Gasteiger partial charge in [0, 0.05) is 12.7 Å². The number of nitrogens with zero attached hydrogens (tertiary/aromatic N) is 2. The van der Waals surface area contributed by atoms with Crippen LogP contribution in [-0.2, 0) is 0 Å². The van der Waals surface area contributed by atoms with Crippen molar-refractivity contribution in [3.05, 3.63) is 33.1 Å². The molecule has 1 amide bonds. The molecule has 0 unspecified atom stereocenters. The summed E-state index contributed by atoms with van der Waals surface area (Å²) in [7, 11) is 0. The lowest BCUT2D eigenvalue weighted by atomic mass is 10.2. The van der Waals surface area contributed by atoms with E-state index < -0.39 is 16.5 Å². The molecule has 1 aromatic rings. The minimum absolute atomic E-state index is 0.0900. The molecule has 0 saturated carbocycles. The summed E-state index contributed by atoms with van der Waals surface area (Å²) < 4.78 is 0. The molecule has 0 bridgehead atoms. The van der Waals surface area contributed by atoms with E-state index in [4.69, 9.17) is 17.3 Å². The first-order valence-electron chi connectivity index (χ1n) is 5.35. The second kappa shape index (κ2) is 6.87. The van der Waals surface area contributed by atoms with E-state index in [9.17, 15) is 14.9 Å². The number of hydrogen-bond donors (Lipinski definition) is 2. The van der Waals surface area contributed by atoms with Crippen molar-refractivity contribution in [2.24, 2.45) is 5.73 Å². The minimum Gasteiger partial charge on any atom is -0.352 e. The van der Waals surface area contributed by atoms with Crippen LogP contribution in [0.4, 0.5) is 5.69 Å². The van der Waals surface area contributed by atoms with Crippen LogP contribution in [0.15, 0.2) is 12.3 Å². The van der Waals surface area contributed by atoms with E-state index in [0.29, 0.717) is 13.1 Å². The fraction of sp³-hybridized carbons (Fsp3) is 0.400.